The van der Waals surface area contributed by atoms with E-state index in [1.54, 1.807) is 0 Å². The Bertz CT molecular complexity index is 175. The summed E-state index contributed by atoms with van der Waals surface area (Å²) in [5, 5.41) is 0. The summed E-state index contributed by atoms with van der Waals surface area (Å²) in [7, 11) is 2.18. The summed E-state index contributed by atoms with van der Waals surface area (Å²) in [6.07, 6.45) is 6.76. The molecule has 0 aromatic carbocycles. The molecule has 0 aromatic heterocycles. The van der Waals surface area contributed by atoms with E-state index < -0.39 is 0 Å². The highest BCUT2D eigenvalue weighted by molar-refractivity contribution is 5.77. The molecule has 82 valence electrons. The molecule has 0 spiro atoms. The van der Waals surface area contributed by atoms with Crippen molar-refractivity contribution in [3.63, 3.8) is 0 Å². The standard InChI is InChI=1S/C12H23NO/c1-3-12(14)8-5-9-13(2)10-11-6-4-7-11/h11H,3-10H2,1-2H3. The molecule has 0 amide bonds. The molecule has 1 saturated carbocycles. The van der Waals surface area contributed by atoms with Crippen molar-refractivity contribution >= 4 is 5.78 Å². The van der Waals surface area contributed by atoms with Gasteiger partial charge in [-0.25, -0.2) is 0 Å². The van der Waals surface area contributed by atoms with Crippen LogP contribution in [-0.2, 0) is 4.79 Å². The lowest BCUT2D eigenvalue weighted by atomic mass is 9.85. The lowest BCUT2D eigenvalue weighted by Gasteiger charge is -2.30. The highest BCUT2D eigenvalue weighted by Gasteiger charge is 2.18. The molecule has 1 fully saturated rings. The van der Waals surface area contributed by atoms with Gasteiger partial charge in [-0.3, -0.25) is 4.79 Å². The molecule has 2 heteroatoms. The van der Waals surface area contributed by atoms with Crippen molar-refractivity contribution in [3.05, 3.63) is 0 Å². The molecule has 1 aliphatic rings. The van der Waals surface area contributed by atoms with Crippen molar-refractivity contribution in [2.24, 2.45) is 5.92 Å². The molecule has 1 rings (SSSR count). The summed E-state index contributed by atoms with van der Waals surface area (Å²) < 4.78 is 0. The fourth-order valence-corrected chi connectivity index (χ4v) is 1.93. The van der Waals surface area contributed by atoms with Crippen LogP contribution in [0.3, 0.4) is 0 Å². The van der Waals surface area contributed by atoms with E-state index in [1.807, 2.05) is 6.92 Å². The van der Waals surface area contributed by atoms with Crippen LogP contribution in [0.2, 0.25) is 0 Å². The quantitative estimate of drug-likeness (QED) is 0.625. The molecular formula is C12H23NO. The normalized spacial score (nSPS) is 17.1. The van der Waals surface area contributed by atoms with Gasteiger partial charge in [-0.2, -0.15) is 0 Å². The summed E-state index contributed by atoms with van der Waals surface area (Å²) in [4.78, 5) is 13.4. The third-order valence-electron chi connectivity index (χ3n) is 3.18. The zero-order chi connectivity index (χ0) is 10.4. The van der Waals surface area contributed by atoms with E-state index in [1.165, 1.54) is 25.8 Å². The molecule has 0 aromatic rings. The van der Waals surface area contributed by atoms with Crippen LogP contribution >= 0.6 is 0 Å². The van der Waals surface area contributed by atoms with E-state index in [4.69, 9.17) is 0 Å². The first kappa shape index (κ1) is 11.7. The number of ketones is 1. The Morgan fingerprint density at radius 3 is 2.64 bits per heavy atom. The van der Waals surface area contributed by atoms with E-state index in [2.05, 4.69) is 11.9 Å². The zero-order valence-corrected chi connectivity index (χ0v) is 9.59. The van der Waals surface area contributed by atoms with Gasteiger partial charge in [0.1, 0.15) is 5.78 Å². The van der Waals surface area contributed by atoms with Crippen LogP contribution in [-0.4, -0.2) is 30.8 Å². The van der Waals surface area contributed by atoms with Gasteiger partial charge in [0.05, 0.1) is 0 Å². The van der Waals surface area contributed by atoms with Gasteiger partial charge < -0.3 is 4.90 Å². The fraction of sp³-hybridized carbons (Fsp3) is 0.917. The Morgan fingerprint density at radius 1 is 1.43 bits per heavy atom. The predicted octanol–water partition coefficient (Wildman–Crippen LogP) is 2.48. The second-order valence-corrected chi connectivity index (χ2v) is 4.55. The summed E-state index contributed by atoms with van der Waals surface area (Å²) in [5.41, 5.74) is 0. The Labute approximate surface area is 87.7 Å². The molecule has 0 atom stereocenters. The van der Waals surface area contributed by atoms with Gasteiger partial charge in [-0.05, 0) is 38.8 Å². The molecule has 14 heavy (non-hydrogen) atoms. The molecule has 2 nitrogen and oxygen atoms in total. The van der Waals surface area contributed by atoms with E-state index in [0.29, 0.717) is 12.2 Å². The van der Waals surface area contributed by atoms with Gasteiger partial charge in [-0.15, -0.1) is 0 Å². The molecule has 0 saturated heterocycles. The number of carbonyl (C=O) groups excluding carboxylic acids is 1. The van der Waals surface area contributed by atoms with Crippen LogP contribution in [0.1, 0.15) is 45.4 Å². The third kappa shape index (κ3) is 4.23. The van der Waals surface area contributed by atoms with Crippen molar-refractivity contribution in [3.8, 4) is 0 Å². The minimum Gasteiger partial charge on any atom is -0.306 e. The Hall–Kier alpha value is -0.370. The number of hydrogen-bond acceptors (Lipinski definition) is 2. The van der Waals surface area contributed by atoms with Crippen molar-refractivity contribution in [1.29, 1.82) is 0 Å². The minimum absolute atomic E-state index is 0.405. The Kier molecular flexibility index (Phi) is 5.16. The topological polar surface area (TPSA) is 20.3 Å². The van der Waals surface area contributed by atoms with Crippen LogP contribution in [0.15, 0.2) is 0 Å². The van der Waals surface area contributed by atoms with Crippen LogP contribution in [0.25, 0.3) is 0 Å². The first-order valence-corrected chi connectivity index (χ1v) is 5.92. The number of nitrogens with zero attached hydrogens (tertiary/aromatic N) is 1. The van der Waals surface area contributed by atoms with Gasteiger partial charge in [-0.1, -0.05) is 13.3 Å². The maximum absolute atomic E-state index is 11.1. The molecule has 1 aliphatic carbocycles. The lowest BCUT2D eigenvalue weighted by molar-refractivity contribution is -0.118. The van der Waals surface area contributed by atoms with Gasteiger partial charge in [0.15, 0.2) is 0 Å². The third-order valence-corrected chi connectivity index (χ3v) is 3.18. The van der Waals surface area contributed by atoms with Crippen LogP contribution in [0, 0.1) is 5.92 Å². The fourth-order valence-electron chi connectivity index (χ4n) is 1.93. The highest BCUT2D eigenvalue weighted by atomic mass is 16.1. The van der Waals surface area contributed by atoms with Crippen LogP contribution < -0.4 is 0 Å². The second kappa shape index (κ2) is 6.18. The summed E-state index contributed by atoms with van der Waals surface area (Å²) in [6.45, 7) is 4.27. The first-order valence-electron chi connectivity index (χ1n) is 5.92. The van der Waals surface area contributed by atoms with E-state index in [0.717, 1.165) is 25.3 Å². The number of rotatable bonds is 7. The monoisotopic (exact) mass is 197 g/mol. The van der Waals surface area contributed by atoms with E-state index in [-0.39, 0.29) is 0 Å². The number of carbonyl (C=O) groups is 1. The van der Waals surface area contributed by atoms with Gasteiger partial charge in [0.2, 0.25) is 0 Å². The first-order chi connectivity index (χ1) is 6.72. The summed E-state index contributed by atoms with van der Waals surface area (Å²) >= 11 is 0. The molecule has 0 N–H and O–H groups in total. The van der Waals surface area contributed by atoms with Crippen molar-refractivity contribution in [2.75, 3.05) is 20.1 Å². The Morgan fingerprint density at radius 2 is 2.14 bits per heavy atom. The Balaban J connectivity index is 1.96. The highest BCUT2D eigenvalue weighted by Crippen LogP contribution is 2.26. The van der Waals surface area contributed by atoms with Gasteiger partial charge in [0.25, 0.3) is 0 Å². The van der Waals surface area contributed by atoms with Crippen molar-refractivity contribution in [1.82, 2.24) is 4.90 Å². The minimum atomic E-state index is 0.405. The van der Waals surface area contributed by atoms with Crippen molar-refractivity contribution in [2.45, 2.75) is 45.4 Å². The maximum atomic E-state index is 11.1. The molecular weight excluding hydrogens is 174 g/mol. The van der Waals surface area contributed by atoms with Crippen molar-refractivity contribution < 1.29 is 4.79 Å². The van der Waals surface area contributed by atoms with E-state index >= 15 is 0 Å². The van der Waals surface area contributed by atoms with Gasteiger partial charge in [0, 0.05) is 19.4 Å². The summed E-state index contributed by atoms with van der Waals surface area (Å²) in [5.74, 6) is 1.35. The summed E-state index contributed by atoms with van der Waals surface area (Å²) in [6, 6.07) is 0. The second-order valence-electron chi connectivity index (χ2n) is 4.55. The van der Waals surface area contributed by atoms with Crippen LogP contribution in [0.5, 0.6) is 0 Å². The molecule has 0 heterocycles. The zero-order valence-electron chi connectivity index (χ0n) is 9.59. The lowest BCUT2D eigenvalue weighted by Crippen LogP contribution is -2.30. The largest absolute Gasteiger partial charge is 0.306 e. The maximum Gasteiger partial charge on any atom is 0.132 e. The number of hydrogen-bond donors (Lipinski definition) is 0. The predicted molar refractivity (Wildman–Crippen MR) is 59.4 cm³/mol. The average molecular weight is 197 g/mol. The smallest absolute Gasteiger partial charge is 0.132 e. The molecule has 0 unspecified atom stereocenters. The average Bonchev–Trinajstić information content (AvgIpc) is 2.11. The van der Waals surface area contributed by atoms with Gasteiger partial charge >= 0.3 is 0 Å². The molecule has 0 radical (unpaired) electrons. The van der Waals surface area contributed by atoms with Crippen LogP contribution in [0.4, 0.5) is 0 Å². The number of Topliss-reactive ketones (excluding diaryl/α,β-unsaturated/α-hetero) is 1. The van der Waals surface area contributed by atoms with E-state index in [9.17, 15) is 4.79 Å². The molecule has 0 aliphatic heterocycles. The molecule has 0 bridgehead atoms. The SMILES string of the molecule is CCC(=O)CCCN(C)CC1CCC1.